The number of fused-ring (bicyclic) bond motifs is 1. The van der Waals surface area contributed by atoms with Crippen LogP contribution in [0.3, 0.4) is 0 Å². The van der Waals surface area contributed by atoms with Crippen molar-refractivity contribution in [1.82, 2.24) is 10.6 Å². The maximum absolute atomic E-state index is 12.0. The second kappa shape index (κ2) is 6.94. The molecule has 6 heteroatoms. The van der Waals surface area contributed by atoms with Gasteiger partial charge in [0, 0.05) is 12.5 Å². The van der Waals surface area contributed by atoms with Crippen LogP contribution >= 0.6 is 0 Å². The van der Waals surface area contributed by atoms with Crippen molar-refractivity contribution in [2.75, 3.05) is 19.7 Å². The summed E-state index contributed by atoms with van der Waals surface area (Å²) in [7, 11) is 0. The van der Waals surface area contributed by atoms with E-state index >= 15 is 0 Å². The molecule has 0 aromatic carbocycles. The maximum Gasteiger partial charge on any atom is 0.407 e. The molecule has 1 saturated carbocycles. The van der Waals surface area contributed by atoms with Crippen molar-refractivity contribution in [3.63, 3.8) is 0 Å². The van der Waals surface area contributed by atoms with Crippen LogP contribution in [0.25, 0.3) is 0 Å². The third kappa shape index (κ3) is 4.31. The minimum atomic E-state index is -0.473. The van der Waals surface area contributed by atoms with Gasteiger partial charge in [0.25, 0.3) is 0 Å². The lowest BCUT2D eigenvalue weighted by Crippen LogP contribution is -2.73. The number of amides is 1. The van der Waals surface area contributed by atoms with Crippen molar-refractivity contribution in [2.45, 2.75) is 63.8 Å². The van der Waals surface area contributed by atoms with E-state index in [1.807, 2.05) is 20.8 Å². The van der Waals surface area contributed by atoms with Gasteiger partial charge in [0.15, 0.2) is 0 Å². The van der Waals surface area contributed by atoms with Crippen LogP contribution in [0, 0.1) is 5.92 Å². The van der Waals surface area contributed by atoms with E-state index in [1.54, 1.807) is 0 Å². The number of hydrogen-bond acceptors (Lipinski definition) is 5. The fourth-order valence-corrected chi connectivity index (χ4v) is 3.16. The van der Waals surface area contributed by atoms with Crippen LogP contribution in [0.1, 0.15) is 40.0 Å². The Hall–Kier alpha value is -0.850. The van der Waals surface area contributed by atoms with Crippen LogP contribution < -0.4 is 16.4 Å². The molecule has 0 aromatic rings. The Bertz CT molecular complexity index is 357. The molecular weight excluding hydrogens is 270 g/mol. The summed E-state index contributed by atoms with van der Waals surface area (Å²) in [5.41, 5.74) is 5.06. The summed E-state index contributed by atoms with van der Waals surface area (Å²) in [6, 6.07) is 0.247. The molecule has 4 atom stereocenters. The first-order valence-corrected chi connectivity index (χ1v) is 7.97. The van der Waals surface area contributed by atoms with Crippen LogP contribution in [0.15, 0.2) is 0 Å². The molecule has 21 heavy (non-hydrogen) atoms. The predicted molar refractivity (Wildman–Crippen MR) is 81.1 cm³/mol. The first kappa shape index (κ1) is 16.5. The Labute approximate surface area is 127 Å². The number of nitrogens with two attached hydrogens (primary N) is 1. The number of carbonyl (C=O) groups is 1. The van der Waals surface area contributed by atoms with E-state index in [2.05, 4.69) is 10.6 Å². The maximum atomic E-state index is 12.0. The van der Waals surface area contributed by atoms with Crippen molar-refractivity contribution in [2.24, 2.45) is 11.7 Å². The highest BCUT2D eigenvalue weighted by Crippen LogP contribution is 2.38. The molecule has 2 fully saturated rings. The lowest BCUT2D eigenvalue weighted by Gasteiger charge is -2.54. The van der Waals surface area contributed by atoms with Gasteiger partial charge in [-0.15, -0.1) is 0 Å². The van der Waals surface area contributed by atoms with Gasteiger partial charge in [-0.3, -0.25) is 0 Å². The van der Waals surface area contributed by atoms with Gasteiger partial charge in [0.2, 0.25) is 0 Å². The van der Waals surface area contributed by atoms with E-state index < -0.39 is 5.60 Å². The molecule has 2 rings (SSSR count). The Morgan fingerprint density at radius 1 is 1.38 bits per heavy atom. The summed E-state index contributed by atoms with van der Waals surface area (Å²) in [6.45, 7) is 7.94. The largest absolute Gasteiger partial charge is 0.444 e. The lowest BCUT2D eigenvalue weighted by molar-refractivity contribution is -0.127. The predicted octanol–water partition coefficient (Wildman–Crippen LogP) is 0.996. The molecule has 6 nitrogen and oxygen atoms in total. The zero-order valence-electron chi connectivity index (χ0n) is 13.4. The molecule has 1 aliphatic carbocycles. The summed E-state index contributed by atoms with van der Waals surface area (Å²) in [5.74, 6) is 0.390. The molecule has 1 heterocycles. The Morgan fingerprint density at radius 2 is 2.14 bits per heavy atom. The zero-order chi connectivity index (χ0) is 15.5. The normalized spacial score (nSPS) is 32.0. The zero-order valence-corrected chi connectivity index (χ0v) is 13.4. The first-order chi connectivity index (χ1) is 9.92. The fourth-order valence-electron chi connectivity index (χ4n) is 3.16. The van der Waals surface area contributed by atoms with Crippen LogP contribution in [0.5, 0.6) is 0 Å². The van der Waals surface area contributed by atoms with Gasteiger partial charge >= 0.3 is 6.09 Å². The van der Waals surface area contributed by atoms with Gasteiger partial charge in [-0.1, -0.05) is 0 Å². The molecule has 4 N–H and O–H groups in total. The van der Waals surface area contributed by atoms with Gasteiger partial charge in [0.1, 0.15) is 5.60 Å². The van der Waals surface area contributed by atoms with Crippen LogP contribution in [-0.4, -0.2) is 49.6 Å². The molecule has 122 valence electrons. The first-order valence-electron chi connectivity index (χ1n) is 7.97. The average Bonchev–Trinajstić information content (AvgIpc) is 2.39. The molecule has 0 bridgehead atoms. The van der Waals surface area contributed by atoms with Crippen molar-refractivity contribution in [3.05, 3.63) is 0 Å². The number of rotatable bonds is 5. The van der Waals surface area contributed by atoms with Crippen molar-refractivity contribution < 1.29 is 14.3 Å². The molecule has 0 aromatic heterocycles. The molecule has 1 aliphatic heterocycles. The van der Waals surface area contributed by atoms with Gasteiger partial charge < -0.3 is 25.8 Å². The molecule has 0 radical (unpaired) electrons. The second-order valence-corrected chi connectivity index (χ2v) is 6.94. The van der Waals surface area contributed by atoms with E-state index in [1.165, 1.54) is 0 Å². The number of ether oxygens (including phenoxy) is 2. The molecule has 0 spiro atoms. The Morgan fingerprint density at radius 3 is 2.81 bits per heavy atom. The van der Waals surface area contributed by atoms with Gasteiger partial charge in [-0.25, -0.2) is 4.79 Å². The highest BCUT2D eigenvalue weighted by molar-refractivity contribution is 5.68. The molecular formula is C15H29N3O3. The molecule has 2 aliphatic rings. The summed E-state index contributed by atoms with van der Waals surface area (Å²) < 4.78 is 11.2. The highest BCUT2D eigenvalue weighted by atomic mass is 16.6. The minimum absolute atomic E-state index is 0.0860. The van der Waals surface area contributed by atoms with Crippen molar-refractivity contribution in [1.29, 1.82) is 0 Å². The highest BCUT2D eigenvalue weighted by Gasteiger charge is 2.52. The van der Waals surface area contributed by atoms with Gasteiger partial charge in [-0.2, -0.15) is 0 Å². The smallest absolute Gasteiger partial charge is 0.407 e. The van der Waals surface area contributed by atoms with E-state index in [0.29, 0.717) is 12.5 Å². The minimum Gasteiger partial charge on any atom is -0.444 e. The lowest BCUT2D eigenvalue weighted by atomic mass is 9.68. The van der Waals surface area contributed by atoms with E-state index in [4.69, 9.17) is 15.2 Å². The second-order valence-electron chi connectivity index (χ2n) is 6.94. The summed E-state index contributed by atoms with van der Waals surface area (Å²) in [6.07, 6.45) is 2.94. The molecule has 1 saturated heterocycles. The quantitative estimate of drug-likeness (QED) is 0.659. The van der Waals surface area contributed by atoms with Crippen molar-refractivity contribution >= 4 is 6.09 Å². The SMILES string of the molecule is CC(C)(C)OC(=O)NC1C2CCCOC2C1NCCCN. The number of hydrogen-bond donors (Lipinski definition) is 3. The van der Waals surface area contributed by atoms with Crippen LogP contribution in [-0.2, 0) is 9.47 Å². The van der Waals surface area contributed by atoms with Crippen LogP contribution in [0.4, 0.5) is 4.79 Å². The van der Waals surface area contributed by atoms with E-state index in [0.717, 1.165) is 32.4 Å². The average molecular weight is 299 g/mol. The number of carbonyl (C=O) groups excluding carboxylic acids is 1. The monoisotopic (exact) mass is 299 g/mol. The van der Waals surface area contributed by atoms with Crippen molar-refractivity contribution in [3.8, 4) is 0 Å². The number of alkyl carbamates (subject to hydrolysis) is 1. The standard InChI is InChI=1S/C15H29N3O3/c1-15(2,3)21-14(19)18-11-10-6-4-9-20-13(10)12(11)17-8-5-7-16/h10-13,17H,4-9,16H2,1-3H3,(H,18,19). The van der Waals surface area contributed by atoms with E-state index in [-0.39, 0.29) is 24.3 Å². The Balaban J connectivity index is 1.89. The third-order valence-corrected chi connectivity index (χ3v) is 4.06. The fraction of sp³-hybridized carbons (Fsp3) is 0.933. The number of nitrogens with one attached hydrogen (secondary N) is 2. The van der Waals surface area contributed by atoms with Crippen LogP contribution in [0.2, 0.25) is 0 Å². The Kier molecular flexibility index (Phi) is 5.46. The van der Waals surface area contributed by atoms with E-state index in [9.17, 15) is 4.79 Å². The summed E-state index contributed by atoms with van der Waals surface area (Å²) in [4.78, 5) is 12.0. The molecule has 1 amide bonds. The molecule has 4 unspecified atom stereocenters. The topological polar surface area (TPSA) is 85.6 Å². The summed E-state index contributed by atoms with van der Waals surface area (Å²) in [5, 5.41) is 6.48. The third-order valence-electron chi connectivity index (χ3n) is 4.06. The van der Waals surface area contributed by atoms with Gasteiger partial charge in [-0.05, 0) is 53.1 Å². The summed E-state index contributed by atoms with van der Waals surface area (Å²) >= 11 is 0. The van der Waals surface area contributed by atoms with Gasteiger partial charge in [0.05, 0.1) is 18.2 Å².